The zero-order valence-corrected chi connectivity index (χ0v) is 12.3. The third kappa shape index (κ3) is 3.22. The molecule has 0 saturated heterocycles. The molecular weight excluding hydrogens is 319 g/mol. The normalized spacial score (nSPS) is 11.6. The summed E-state index contributed by atoms with van der Waals surface area (Å²) in [6.45, 7) is 0. The molecule has 3 nitrogen and oxygen atoms in total. The smallest absolute Gasteiger partial charge is 0.416 e. The lowest BCUT2D eigenvalue weighted by Gasteiger charge is -2.10. The Labute approximate surface area is 135 Å². The summed E-state index contributed by atoms with van der Waals surface area (Å²) in [4.78, 5) is 15.8. The van der Waals surface area contributed by atoms with E-state index in [1.807, 2.05) is 0 Å². The van der Waals surface area contributed by atoms with Gasteiger partial charge in [0.05, 0.1) is 22.3 Å². The molecule has 6 heteroatoms. The van der Waals surface area contributed by atoms with E-state index in [1.165, 1.54) is 18.2 Å². The molecule has 0 spiro atoms. The minimum atomic E-state index is -4.40. The number of carboxylic acid groups (broad SMARTS) is 1. The van der Waals surface area contributed by atoms with E-state index in [9.17, 15) is 23.1 Å². The van der Waals surface area contributed by atoms with Crippen LogP contribution in [0.1, 0.15) is 27.2 Å². The predicted octanol–water partition coefficient (Wildman–Crippen LogP) is 4.54. The number of halogens is 3. The van der Waals surface area contributed by atoms with Crippen molar-refractivity contribution in [2.75, 3.05) is 0 Å². The van der Waals surface area contributed by atoms with Crippen molar-refractivity contribution in [2.45, 2.75) is 12.6 Å². The van der Waals surface area contributed by atoms with Gasteiger partial charge in [-0.1, -0.05) is 30.3 Å². The Morgan fingerprint density at radius 2 is 1.71 bits per heavy atom. The van der Waals surface area contributed by atoms with Gasteiger partial charge >= 0.3 is 12.1 Å². The maximum absolute atomic E-state index is 12.6. The summed E-state index contributed by atoms with van der Waals surface area (Å²) in [7, 11) is 0. The van der Waals surface area contributed by atoms with E-state index in [0.717, 1.165) is 12.1 Å². The van der Waals surface area contributed by atoms with Gasteiger partial charge in [-0.05, 0) is 29.8 Å². The van der Waals surface area contributed by atoms with Crippen molar-refractivity contribution in [1.29, 1.82) is 0 Å². The molecule has 2 aromatic carbocycles. The van der Waals surface area contributed by atoms with Crippen molar-refractivity contribution >= 4 is 16.9 Å². The predicted molar refractivity (Wildman–Crippen MR) is 83.0 cm³/mol. The number of benzene rings is 2. The Kier molecular flexibility index (Phi) is 3.97. The molecule has 1 heterocycles. The number of pyridine rings is 1. The number of carboxylic acids is 1. The molecule has 3 rings (SSSR count). The average molecular weight is 331 g/mol. The van der Waals surface area contributed by atoms with Gasteiger partial charge in [-0.3, -0.25) is 4.98 Å². The number of rotatable bonds is 3. The van der Waals surface area contributed by atoms with Gasteiger partial charge in [0.15, 0.2) is 0 Å². The van der Waals surface area contributed by atoms with E-state index < -0.39 is 17.7 Å². The molecule has 0 bridgehead atoms. The van der Waals surface area contributed by atoms with Gasteiger partial charge in [-0.15, -0.1) is 0 Å². The Bertz CT molecular complexity index is 902. The first kappa shape index (κ1) is 16.0. The molecule has 24 heavy (non-hydrogen) atoms. The molecule has 1 N–H and O–H groups in total. The Morgan fingerprint density at radius 1 is 1.04 bits per heavy atom. The van der Waals surface area contributed by atoms with Gasteiger partial charge < -0.3 is 5.11 Å². The number of carbonyl (C=O) groups is 1. The second-order valence-electron chi connectivity index (χ2n) is 5.35. The molecule has 0 atom stereocenters. The highest BCUT2D eigenvalue weighted by molar-refractivity contribution is 5.94. The maximum Gasteiger partial charge on any atom is 0.416 e. The Morgan fingerprint density at radius 3 is 2.33 bits per heavy atom. The molecule has 0 aliphatic rings. The van der Waals surface area contributed by atoms with E-state index in [0.29, 0.717) is 22.2 Å². The van der Waals surface area contributed by atoms with Crippen LogP contribution in [0, 0.1) is 0 Å². The number of hydrogen-bond acceptors (Lipinski definition) is 2. The summed E-state index contributed by atoms with van der Waals surface area (Å²) >= 11 is 0. The highest BCUT2D eigenvalue weighted by Gasteiger charge is 2.30. The van der Waals surface area contributed by atoms with Crippen molar-refractivity contribution in [3.8, 4) is 0 Å². The zero-order valence-electron chi connectivity index (χ0n) is 12.3. The fraction of sp³-hybridized carbons (Fsp3) is 0.111. The van der Waals surface area contributed by atoms with E-state index in [-0.39, 0.29) is 12.0 Å². The topological polar surface area (TPSA) is 50.2 Å². The van der Waals surface area contributed by atoms with Gasteiger partial charge in [0.1, 0.15) is 0 Å². The molecule has 3 aromatic rings. The molecule has 122 valence electrons. The SMILES string of the molecule is O=C(O)c1cc2ccccc2nc1Cc1ccc(C(F)(F)F)cc1. The van der Waals surface area contributed by atoms with Crippen LogP contribution in [-0.4, -0.2) is 16.1 Å². The second-order valence-corrected chi connectivity index (χ2v) is 5.35. The van der Waals surface area contributed by atoms with Crippen LogP contribution in [0.25, 0.3) is 10.9 Å². The summed E-state index contributed by atoms with van der Waals surface area (Å²) in [6, 6.07) is 13.3. The lowest BCUT2D eigenvalue weighted by Crippen LogP contribution is -2.07. The maximum atomic E-state index is 12.6. The summed E-state index contributed by atoms with van der Waals surface area (Å²) in [6.07, 6.45) is -4.25. The van der Waals surface area contributed by atoms with Crippen LogP contribution in [0.15, 0.2) is 54.6 Å². The second kappa shape index (κ2) is 5.96. The molecule has 0 amide bonds. The standard InChI is InChI=1S/C18H12F3NO2/c19-18(20,21)13-7-5-11(6-8-13)9-16-14(17(23)24)10-12-3-1-2-4-15(12)22-16/h1-8,10H,9H2,(H,23,24). The van der Waals surface area contributed by atoms with Gasteiger partial charge in [0.2, 0.25) is 0 Å². The van der Waals surface area contributed by atoms with Crippen LogP contribution in [0.4, 0.5) is 13.2 Å². The molecule has 0 saturated carbocycles. The minimum absolute atomic E-state index is 0.0496. The summed E-state index contributed by atoms with van der Waals surface area (Å²) in [5.41, 5.74) is 0.837. The van der Waals surface area contributed by atoms with Crippen LogP contribution in [0.3, 0.4) is 0 Å². The van der Waals surface area contributed by atoms with Crippen molar-refractivity contribution in [2.24, 2.45) is 0 Å². The fourth-order valence-corrected chi connectivity index (χ4v) is 2.48. The number of para-hydroxylation sites is 1. The largest absolute Gasteiger partial charge is 0.478 e. The first-order valence-corrected chi connectivity index (χ1v) is 7.13. The summed E-state index contributed by atoms with van der Waals surface area (Å²) in [5.74, 6) is -1.12. The molecular formula is C18H12F3NO2. The molecule has 1 aromatic heterocycles. The number of alkyl halides is 3. The Balaban J connectivity index is 1.99. The van der Waals surface area contributed by atoms with E-state index in [4.69, 9.17) is 0 Å². The van der Waals surface area contributed by atoms with Gasteiger partial charge in [0, 0.05) is 11.8 Å². The fourth-order valence-electron chi connectivity index (χ4n) is 2.48. The van der Waals surface area contributed by atoms with Crippen molar-refractivity contribution in [3.63, 3.8) is 0 Å². The van der Waals surface area contributed by atoms with Crippen LogP contribution in [-0.2, 0) is 12.6 Å². The molecule has 0 aliphatic heterocycles. The first-order chi connectivity index (χ1) is 11.3. The third-order valence-corrected chi connectivity index (χ3v) is 3.69. The lowest BCUT2D eigenvalue weighted by atomic mass is 10.0. The van der Waals surface area contributed by atoms with Crippen LogP contribution in [0.2, 0.25) is 0 Å². The lowest BCUT2D eigenvalue weighted by molar-refractivity contribution is -0.137. The van der Waals surface area contributed by atoms with Gasteiger partial charge in [0.25, 0.3) is 0 Å². The van der Waals surface area contributed by atoms with E-state index in [2.05, 4.69) is 4.98 Å². The monoisotopic (exact) mass is 331 g/mol. The third-order valence-electron chi connectivity index (χ3n) is 3.69. The van der Waals surface area contributed by atoms with Crippen LogP contribution >= 0.6 is 0 Å². The van der Waals surface area contributed by atoms with Crippen LogP contribution in [0.5, 0.6) is 0 Å². The van der Waals surface area contributed by atoms with Crippen LogP contribution < -0.4 is 0 Å². The number of aromatic nitrogens is 1. The number of nitrogens with zero attached hydrogens (tertiary/aromatic N) is 1. The summed E-state index contributed by atoms with van der Waals surface area (Å²) < 4.78 is 37.8. The number of hydrogen-bond donors (Lipinski definition) is 1. The average Bonchev–Trinajstić information content (AvgIpc) is 2.53. The van der Waals surface area contributed by atoms with Gasteiger partial charge in [-0.2, -0.15) is 13.2 Å². The number of aromatic carboxylic acids is 1. The van der Waals surface area contributed by atoms with Crippen molar-refractivity contribution in [3.05, 3.63) is 77.0 Å². The molecule has 0 aliphatic carbocycles. The first-order valence-electron chi connectivity index (χ1n) is 7.13. The zero-order chi connectivity index (χ0) is 17.3. The summed E-state index contributed by atoms with van der Waals surface area (Å²) in [5, 5.41) is 10.1. The number of fused-ring (bicyclic) bond motifs is 1. The minimum Gasteiger partial charge on any atom is -0.478 e. The quantitative estimate of drug-likeness (QED) is 0.766. The Hall–Kier alpha value is -2.89. The van der Waals surface area contributed by atoms with Crippen molar-refractivity contribution in [1.82, 2.24) is 4.98 Å². The highest BCUT2D eigenvalue weighted by Crippen LogP contribution is 2.29. The molecule has 0 unspecified atom stereocenters. The van der Waals surface area contributed by atoms with E-state index in [1.54, 1.807) is 24.3 Å². The van der Waals surface area contributed by atoms with E-state index >= 15 is 0 Å². The highest BCUT2D eigenvalue weighted by atomic mass is 19.4. The van der Waals surface area contributed by atoms with Gasteiger partial charge in [-0.25, -0.2) is 4.79 Å². The molecule has 0 fully saturated rings. The van der Waals surface area contributed by atoms with Crippen molar-refractivity contribution < 1.29 is 23.1 Å². The molecule has 0 radical (unpaired) electrons.